The fourth-order valence-corrected chi connectivity index (χ4v) is 5.33. The van der Waals surface area contributed by atoms with Crippen molar-refractivity contribution in [3.63, 3.8) is 0 Å². The summed E-state index contributed by atoms with van der Waals surface area (Å²) in [5, 5.41) is 12.4. The number of hydrogen-bond acceptors (Lipinski definition) is 7. The van der Waals surface area contributed by atoms with Gasteiger partial charge in [0.1, 0.15) is 6.61 Å². The van der Waals surface area contributed by atoms with Gasteiger partial charge < -0.3 is 20.1 Å². The molecule has 0 unspecified atom stereocenters. The van der Waals surface area contributed by atoms with Gasteiger partial charge in [-0.05, 0) is 42.8 Å². The Kier molecular flexibility index (Phi) is 12.6. The Morgan fingerprint density at radius 1 is 0.872 bits per heavy atom. The van der Waals surface area contributed by atoms with E-state index in [0.29, 0.717) is 22.7 Å². The lowest BCUT2D eigenvalue weighted by atomic mass is 10.1. The topological polar surface area (TPSA) is 145 Å². The first-order valence-corrected chi connectivity index (χ1v) is 14.1. The molecule has 9 nitrogen and oxygen atoms in total. The number of aliphatic carboxylic acids is 1. The zero-order chi connectivity index (χ0) is 28.8. The molecule has 0 saturated carbocycles. The molecule has 39 heavy (non-hydrogen) atoms. The number of carboxylic acid groups (broad SMARTS) is 1. The summed E-state index contributed by atoms with van der Waals surface area (Å²) in [6, 6.07) is 26.0. The highest BCUT2D eigenvalue weighted by atomic mass is 31.2. The number of hydrogen-bond donors (Lipinski definition) is 3. The Labute approximate surface area is 228 Å². The molecule has 3 aromatic carbocycles. The van der Waals surface area contributed by atoms with Crippen molar-refractivity contribution >= 4 is 41.5 Å². The third kappa shape index (κ3) is 9.80. The Balaban J connectivity index is 0.000000283. The number of rotatable bonds is 11. The normalized spacial score (nSPS) is 12.4. The number of ketones is 1. The minimum absolute atomic E-state index is 0.241. The highest BCUT2D eigenvalue weighted by molar-refractivity contribution is 7.74. The van der Waals surface area contributed by atoms with Crippen molar-refractivity contribution in [1.82, 2.24) is 0 Å². The number of carbonyl (C=O) groups excluding carboxylic acids is 2. The number of anilines is 1. The van der Waals surface area contributed by atoms with Crippen LogP contribution in [-0.4, -0.2) is 41.7 Å². The van der Waals surface area contributed by atoms with E-state index < -0.39 is 31.6 Å². The van der Waals surface area contributed by atoms with E-state index in [1.165, 1.54) is 0 Å². The van der Waals surface area contributed by atoms with Crippen LogP contribution in [0.2, 0.25) is 0 Å². The monoisotopic (exact) mass is 554 g/mol. The van der Waals surface area contributed by atoms with E-state index in [4.69, 9.17) is 20.1 Å². The van der Waals surface area contributed by atoms with E-state index in [1.54, 1.807) is 86.6 Å². The van der Waals surface area contributed by atoms with Crippen LogP contribution < -0.4 is 21.7 Å². The minimum atomic E-state index is -3.30. The average Bonchev–Trinajstić information content (AvgIpc) is 2.95. The maximum Gasteiger partial charge on any atom is 0.412 e. The van der Waals surface area contributed by atoms with Gasteiger partial charge in [0, 0.05) is 22.2 Å². The number of Topliss-reactive ketones (excluding diaryl/α,β-unsaturated/α-hetero) is 1. The van der Waals surface area contributed by atoms with E-state index in [9.17, 15) is 18.9 Å². The number of nitrogens with two attached hydrogens (primary N) is 1. The maximum atomic E-state index is 13.4. The summed E-state index contributed by atoms with van der Waals surface area (Å²) in [7, 11) is -3.30. The molecule has 2 atom stereocenters. The summed E-state index contributed by atoms with van der Waals surface area (Å²) in [5.41, 5.74) is 6.26. The van der Waals surface area contributed by atoms with Crippen LogP contribution in [-0.2, 0) is 23.4 Å². The van der Waals surface area contributed by atoms with Gasteiger partial charge in [-0.15, -0.1) is 0 Å². The molecule has 3 aromatic rings. The van der Waals surface area contributed by atoms with Crippen molar-refractivity contribution in [3.8, 4) is 0 Å². The number of amides is 1. The molecule has 1 amide bonds. The van der Waals surface area contributed by atoms with E-state index >= 15 is 0 Å². The van der Waals surface area contributed by atoms with Crippen molar-refractivity contribution in [2.75, 3.05) is 11.9 Å². The van der Waals surface area contributed by atoms with Crippen LogP contribution in [0.5, 0.6) is 0 Å². The zero-order valence-electron chi connectivity index (χ0n) is 22.2. The number of carboxylic acids is 1. The van der Waals surface area contributed by atoms with Gasteiger partial charge in [-0.25, -0.2) is 9.59 Å². The first-order chi connectivity index (χ1) is 18.6. The van der Waals surface area contributed by atoms with Gasteiger partial charge in [0.25, 0.3) is 7.37 Å². The second kappa shape index (κ2) is 15.6. The SMILES string of the molecule is CC(C)[C@H](OC(=O)Nc1ccccc1)C(=O)O.CC[C@H](N)C(=O)COP(=O)(c1ccccc1)c1ccccc1. The van der Waals surface area contributed by atoms with Gasteiger partial charge in [0.05, 0.1) is 6.04 Å². The summed E-state index contributed by atoms with van der Waals surface area (Å²) >= 11 is 0. The molecule has 0 aliphatic rings. The smallest absolute Gasteiger partial charge is 0.412 e. The number of ether oxygens (including phenoxy) is 1. The van der Waals surface area contributed by atoms with Crippen molar-refractivity contribution in [1.29, 1.82) is 0 Å². The Morgan fingerprint density at radius 2 is 1.33 bits per heavy atom. The summed E-state index contributed by atoms with van der Waals surface area (Å²) in [4.78, 5) is 34.2. The molecule has 0 fully saturated rings. The third-order valence-electron chi connectivity index (χ3n) is 5.54. The van der Waals surface area contributed by atoms with Crippen molar-refractivity contribution < 1.29 is 33.3 Å². The van der Waals surface area contributed by atoms with Gasteiger partial charge in [-0.1, -0.05) is 75.4 Å². The summed E-state index contributed by atoms with van der Waals surface area (Å²) in [5.74, 6) is -1.67. The van der Waals surface area contributed by atoms with E-state index in [-0.39, 0.29) is 18.3 Å². The van der Waals surface area contributed by atoms with Crippen LogP contribution in [0, 0.1) is 5.92 Å². The fraction of sp³-hybridized carbons (Fsp3) is 0.276. The molecule has 0 heterocycles. The van der Waals surface area contributed by atoms with Gasteiger partial charge in [-0.3, -0.25) is 14.7 Å². The van der Waals surface area contributed by atoms with Crippen LogP contribution >= 0.6 is 7.37 Å². The van der Waals surface area contributed by atoms with Crippen LogP contribution in [0.25, 0.3) is 0 Å². The predicted molar refractivity (Wildman–Crippen MR) is 152 cm³/mol. The molecule has 4 N–H and O–H groups in total. The molecule has 0 bridgehead atoms. The summed E-state index contributed by atoms with van der Waals surface area (Å²) in [6.07, 6.45) is -1.38. The van der Waals surface area contributed by atoms with Crippen molar-refractivity contribution in [2.45, 2.75) is 39.3 Å². The predicted octanol–water partition coefficient (Wildman–Crippen LogP) is 4.58. The highest BCUT2D eigenvalue weighted by Crippen LogP contribution is 2.44. The Hall–Kier alpha value is -3.78. The lowest BCUT2D eigenvalue weighted by molar-refractivity contribution is -0.148. The summed E-state index contributed by atoms with van der Waals surface area (Å²) < 4.78 is 23.9. The van der Waals surface area contributed by atoms with E-state index in [0.717, 1.165) is 0 Å². The third-order valence-corrected chi connectivity index (χ3v) is 7.99. The highest BCUT2D eigenvalue weighted by Gasteiger charge is 2.30. The Bertz CT molecular complexity index is 1190. The zero-order valence-corrected chi connectivity index (χ0v) is 23.1. The van der Waals surface area contributed by atoms with Gasteiger partial charge >= 0.3 is 12.1 Å². The van der Waals surface area contributed by atoms with Gasteiger partial charge in [0.2, 0.25) is 6.10 Å². The van der Waals surface area contributed by atoms with Crippen LogP contribution in [0.4, 0.5) is 10.5 Å². The summed E-state index contributed by atoms with van der Waals surface area (Å²) in [6.45, 7) is 4.93. The maximum absolute atomic E-state index is 13.4. The Morgan fingerprint density at radius 3 is 1.74 bits per heavy atom. The molecular weight excluding hydrogens is 519 g/mol. The largest absolute Gasteiger partial charge is 0.478 e. The second-order valence-electron chi connectivity index (χ2n) is 8.88. The lowest BCUT2D eigenvalue weighted by Crippen LogP contribution is -2.33. The van der Waals surface area contributed by atoms with Crippen LogP contribution in [0.15, 0.2) is 91.0 Å². The molecule has 0 aliphatic heterocycles. The lowest BCUT2D eigenvalue weighted by Gasteiger charge is -2.20. The van der Waals surface area contributed by atoms with E-state index in [1.807, 2.05) is 25.1 Å². The minimum Gasteiger partial charge on any atom is -0.478 e. The van der Waals surface area contributed by atoms with Gasteiger partial charge in [0.15, 0.2) is 5.78 Å². The first-order valence-electron chi connectivity index (χ1n) is 12.5. The molecule has 10 heteroatoms. The molecule has 208 valence electrons. The molecule has 0 spiro atoms. The molecule has 0 aromatic heterocycles. The molecule has 0 aliphatic carbocycles. The van der Waals surface area contributed by atoms with Crippen molar-refractivity contribution in [2.24, 2.45) is 11.7 Å². The molecular formula is C29H35N2O7P. The molecule has 0 radical (unpaired) electrons. The molecule has 3 rings (SSSR count). The average molecular weight is 555 g/mol. The van der Waals surface area contributed by atoms with Crippen LogP contribution in [0.3, 0.4) is 0 Å². The van der Waals surface area contributed by atoms with Gasteiger partial charge in [-0.2, -0.15) is 0 Å². The first kappa shape index (κ1) is 31.4. The van der Waals surface area contributed by atoms with Crippen LogP contribution in [0.1, 0.15) is 27.2 Å². The van der Waals surface area contributed by atoms with Crippen molar-refractivity contribution in [3.05, 3.63) is 91.0 Å². The number of nitrogens with one attached hydrogen (secondary N) is 1. The number of para-hydroxylation sites is 1. The quantitative estimate of drug-likeness (QED) is 0.292. The number of carbonyl (C=O) groups is 3. The molecule has 0 saturated heterocycles. The standard InChI is InChI=1S/C17H20NO3P.C12H15NO4/c1-2-16(18)17(19)13-21-22(20,14-9-5-3-6-10-14)15-11-7-4-8-12-15;1-8(2)10(11(14)15)17-12(16)13-9-6-4-3-5-7-9/h3-12,16H,2,13,18H2,1H3;3-8,10H,1-2H3,(H,13,16)(H,14,15)/t16-;10-/m00/s1. The fourth-order valence-electron chi connectivity index (χ4n) is 3.29. The van der Waals surface area contributed by atoms with E-state index in [2.05, 4.69) is 5.32 Å². The second-order valence-corrected chi connectivity index (χ2v) is 11.3. The number of benzene rings is 3.